The third-order valence-corrected chi connectivity index (χ3v) is 6.75. The van der Waals surface area contributed by atoms with E-state index in [2.05, 4.69) is 21.9 Å². The second-order valence-electron chi connectivity index (χ2n) is 7.79. The number of ether oxygens (including phenoxy) is 2. The van der Waals surface area contributed by atoms with Crippen molar-refractivity contribution in [1.82, 2.24) is 9.80 Å². The predicted molar refractivity (Wildman–Crippen MR) is 91.8 cm³/mol. The zero-order chi connectivity index (χ0) is 17.0. The van der Waals surface area contributed by atoms with E-state index in [1.807, 2.05) is 6.07 Å². The lowest BCUT2D eigenvalue weighted by molar-refractivity contribution is -0.0349. The number of hydrogen-bond acceptors (Lipinski definition) is 6. The van der Waals surface area contributed by atoms with Gasteiger partial charge in [0.2, 0.25) is 6.79 Å². The number of fused-ring (bicyclic) bond motifs is 3. The Morgan fingerprint density at radius 3 is 2.56 bits per heavy atom. The Morgan fingerprint density at radius 1 is 1.04 bits per heavy atom. The van der Waals surface area contributed by atoms with Crippen LogP contribution in [0.25, 0.3) is 0 Å². The second kappa shape index (κ2) is 6.13. The molecule has 1 aromatic carbocycles. The average molecular weight is 346 g/mol. The van der Waals surface area contributed by atoms with Gasteiger partial charge in [0.05, 0.1) is 19.3 Å². The zero-order valence-electron chi connectivity index (χ0n) is 14.4. The van der Waals surface area contributed by atoms with Crippen LogP contribution in [0.1, 0.15) is 24.3 Å². The van der Waals surface area contributed by atoms with Gasteiger partial charge in [-0.2, -0.15) is 0 Å². The Labute approximate surface area is 147 Å². The van der Waals surface area contributed by atoms with Gasteiger partial charge in [0.15, 0.2) is 11.5 Å². The van der Waals surface area contributed by atoms with Crippen molar-refractivity contribution in [3.05, 3.63) is 23.8 Å². The molecule has 3 atom stereocenters. The summed E-state index contributed by atoms with van der Waals surface area (Å²) in [5.74, 6) is 2.71. The van der Waals surface area contributed by atoms with Crippen LogP contribution < -0.4 is 9.47 Å². The minimum atomic E-state index is -0.160. The molecule has 4 fully saturated rings. The van der Waals surface area contributed by atoms with E-state index >= 15 is 0 Å². The van der Waals surface area contributed by atoms with E-state index in [0.717, 1.165) is 18.0 Å². The van der Waals surface area contributed by atoms with Gasteiger partial charge in [-0.1, -0.05) is 6.07 Å². The largest absolute Gasteiger partial charge is 0.454 e. The minimum Gasteiger partial charge on any atom is -0.454 e. The Kier molecular flexibility index (Phi) is 3.89. The highest BCUT2D eigenvalue weighted by molar-refractivity contribution is 5.46. The smallest absolute Gasteiger partial charge is 0.231 e. The van der Waals surface area contributed by atoms with Crippen LogP contribution in [0.2, 0.25) is 0 Å². The molecule has 4 saturated heterocycles. The SMILES string of the molecule is OCC(CO)N1C[C@@H](c2ccc3c(c2)OCO3)[C@@H]2[C@H]1C1CCN2CC1. The molecule has 5 aliphatic heterocycles. The molecule has 6 rings (SSSR count). The number of aliphatic hydroxyl groups excluding tert-OH is 2. The molecule has 5 aliphatic rings. The summed E-state index contributed by atoms with van der Waals surface area (Å²) in [4.78, 5) is 5.02. The maximum Gasteiger partial charge on any atom is 0.231 e. The first-order chi connectivity index (χ1) is 12.3. The van der Waals surface area contributed by atoms with Gasteiger partial charge in [0.25, 0.3) is 0 Å². The number of piperidine rings is 3. The summed E-state index contributed by atoms with van der Waals surface area (Å²) in [6, 6.07) is 7.04. The van der Waals surface area contributed by atoms with Crippen molar-refractivity contribution >= 4 is 0 Å². The molecule has 5 heterocycles. The maximum atomic E-state index is 9.78. The molecule has 2 N–H and O–H groups in total. The Morgan fingerprint density at radius 2 is 1.80 bits per heavy atom. The first-order valence-electron chi connectivity index (χ1n) is 9.41. The number of nitrogens with zero attached hydrogens (tertiary/aromatic N) is 2. The Hall–Kier alpha value is -1.34. The molecule has 0 unspecified atom stereocenters. The highest BCUT2D eigenvalue weighted by atomic mass is 16.7. The van der Waals surface area contributed by atoms with E-state index < -0.39 is 0 Å². The first-order valence-corrected chi connectivity index (χ1v) is 9.41. The van der Waals surface area contributed by atoms with Gasteiger partial charge in [-0.25, -0.2) is 0 Å². The predicted octanol–water partition coefficient (Wildman–Crippen LogP) is 0.630. The quantitative estimate of drug-likeness (QED) is 0.834. The summed E-state index contributed by atoms with van der Waals surface area (Å²) >= 11 is 0. The lowest BCUT2D eigenvalue weighted by Crippen LogP contribution is -2.61. The van der Waals surface area contributed by atoms with Crippen LogP contribution in [0.15, 0.2) is 18.2 Å². The fourth-order valence-corrected chi connectivity index (χ4v) is 5.58. The molecule has 2 bridgehead atoms. The monoisotopic (exact) mass is 346 g/mol. The molecular formula is C19H26N2O4. The first kappa shape index (κ1) is 15.9. The fraction of sp³-hybridized carbons (Fsp3) is 0.684. The van der Waals surface area contributed by atoms with Crippen molar-refractivity contribution in [2.75, 3.05) is 39.6 Å². The van der Waals surface area contributed by atoms with E-state index in [0.29, 0.717) is 30.7 Å². The van der Waals surface area contributed by atoms with Crippen LogP contribution in [-0.2, 0) is 0 Å². The molecule has 6 heteroatoms. The highest BCUT2D eigenvalue weighted by Crippen LogP contribution is 2.48. The average Bonchev–Trinajstić information content (AvgIpc) is 3.29. The summed E-state index contributed by atoms with van der Waals surface area (Å²) in [5, 5.41) is 19.6. The van der Waals surface area contributed by atoms with Gasteiger partial charge in [0, 0.05) is 24.5 Å². The zero-order valence-corrected chi connectivity index (χ0v) is 14.4. The Bertz CT molecular complexity index is 642. The van der Waals surface area contributed by atoms with Crippen molar-refractivity contribution in [2.24, 2.45) is 5.92 Å². The molecule has 136 valence electrons. The van der Waals surface area contributed by atoms with Crippen LogP contribution in [0.5, 0.6) is 11.5 Å². The number of benzene rings is 1. The third kappa shape index (κ3) is 2.39. The summed E-state index contributed by atoms with van der Waals surface area (Å²) in [6.45, 7) is 3.55. The van der Waals surface area contributed by atoms with Gasteiger partial charge in [-0.15, -0.1) is 0 Å². The molecule has 0 amide bonds. The molecule has 6 nitrogen and oxygen atoms in total. The standard InChI is InChI=1S/C19H26N2O4/c22-9-14(10-23)21-8-15(13-1-2-16-17(7-13)25-11-24-16)19-18(21)12-3-5-20(19)6-4-12/h1-2,7,12,14-15,18-19,22-23H,3-6,8-11H2/t15-,18+,19+/m0/s1. The fourth-order valence-electron chi connectivity index (χ4n) is 5.58. The molecule has 1 aromatic rings. The lowest BCUT2D eigenvalue weighted by Gasteiger charge is -2.52. The number of aliphatic hydroxyl groups is 2. The van der Waals surface area contributed by atoms with E-state index in [1.54, 1.807) is 0 Å². The van der Waals surface area contributed by atoms with Crippen LogP contribution in [0, 0.1) is 5.92 Å². The van der Waals surface area contributed by atoms with Crippen LogP contribution in [0.4, 0.5) is 0 Å². The molecule has 0 aliphatic carbocycles. The van der Waals surface area contributed by atoms with Gasteiger partial charge in [-0.3, -0.25) is 9.80 Å². The summed E-state index contributed by atoms with van der Waals surface area (Å²) in [7, 11) is 0. The van der Waals surface area contributed by atoms with E-state index in [4.69, 9.17) is 9.47 Å². The van der Waals surface area contributed by atoms with Gasteiger partial charge in [-0.05, 0) is 49.5 Å². The molecule has 25 heavy (non-hydrogen) atoms. The maximum absolute atomic E-state index is 9.78. The molecule has 0 saturated carbocycles. The number of likely N-dealkylation sites (tertiary alicyclic amines) is 1. The second-order valence-corrected chi connectivity index (χ2v) is 7.79. The lowest BCUT2D eigenvalue weighted by atomic mass is 9.75. The molecule has 0 spiro atoms. The molecule has 0 aromatic heterocycles. The third-order valence-electron chi connectivity index (χ3n) is 6.75. The molecular weight excluding hydrogens is 320 g/mol. The van der Waals surface area contributed by atoms with Crippen molar-refractivity contribution in [2.45, 2.75) is 36.9 Å². The summed E-state index contributed by atoms with van der Waals surface area (Å²) < 4.78 is 11.0. The van der Waals surface area contributed by atoms with Crippen LogP contribution in [0.3, 0.4) is 0 Å². The van der Waals surface area contributed by atoms with Crippen LogP contribution in [-0.4, -0.2) is 77.8 Å². The van der Waals surface area contributed by atoms with E-state index in [9.17, 15) is 10.2 Å². The van der Waals surface area contributed by atoms with E-state index in [-0.39, 0.29) is 19.3 Å². The van der Waals surface area contributed by atoms with Crippen molar-refractivity contribution < 1.29 is 19.7 Å². The van der Waals surface area contributed by atoms with Gasteiger partial charge in [0.1, 0.15) is 0 Å². The van der Waals surface area contributed by atoms with Crippen molar-refractivity contribution in [3.8, 4) is 11.5 Å². The molecule has 0 radical (unpaired) electrons. The van der Waals surface area contributed by atoms with Crippen molar-refractivity contribution in [1.29, 1.82) is 0 Å². The number of hydrogen-bond donors (Lipinski definition) is 2. The normalized spacial score (nSPS) is 36.2. The summed E-state index contributed by atoms with van der Waals surface area (Å²) in [5.41, 5.74) is 1.28. The van der Waals surface area contributed by atoms with Gasteiger partial charge < -0.3 is 19.7 Å². The highest BCUT2D eigenvalue weighted by Gasteiger charge is 2.54. The minimum absolute atomic E-state index is 0.0142. The van der Waals surface area contributed by atoms with Gasteiger partial charge >= 0.3 is 0 Å². The number of rotatable bonds is 4. The van der Waals surface area contributed by atoms with Crippen LogP contribution >= 0.6 is 0 Å². The topological polar surface area (TPSA) is 65.4 Å². The summed E-state index contributed by atoms with van der Waals surface area (Å²) in [6.07, 6.45) is 2.46. The van der Waals surface area contributed by atoms with E-state index in [1.165, 1.54) is 31.5 Å². The Balaban J connectivity index is 1.51. The van der Waals surface area contributed by atoms with Crippen molar-refractivity contribution in [3.63, 3.8) is 0 Å².